The van der Waals surface area contributed by atoms with Crippen LogP contribution in [0.25, 0.3) is 0 Å². The van der Waals surface area contributed by atoms with E-state index in [4.69, 9.17) is 4.74 Å². The lowest BCUT2D eigenvalue weighted by Gasteiger charge is -2.42. The monoisotopic (exact) mass is 356 g/mol. The predicted molar refractivity (Wildman–Crippen MR) is 91.3 cm³/mol. The predicted octanol–water partition coefficient (Wildman–Crippen LogP) is 4.78. The molecule has 1 aliphatic carbocycles. The molecule has 1 aromatic rings. The molecule has 0 radical (unpaired) electrons. The van der Waals surface area contributed by atoms with Crippen LogP contribution in [0.1, 0.15) is 59.1 Å². The first-order chi connectivity index (χ1) is 9.91. The second kappa shape index (κ2) is 6.72. The van der Waals surface area contributed by atoms with Gasteiger partial charge in [0.2, 0.25) is 0 Å². The van der Waals surface area contributed by atoms with Crippen LogP contribution in [0.4, 0.5) is 0 Å². The minimum absolute atomic E-state index is 0.0608. The maximum absolute atomic E-state index is 5.61. The molecule has 1 aromatic heterocycles. The van der Waals surface area contributed by atoms with E-state index in [0.717, 1.165) is 24.6 Å². The normalized spacial score (nSPS) is 26.9. The molecule has 0 amide bonds. The van der Waals surface area contributed by atoms with Crippen LogP contribution >= 0.6 is 15.9 Å². The van der Waals surface area contributed by atoms with E-state index in [-0.39, 0.29) is 5.41 Å². The van der Waals surface area contributed by atoms with Crippen molar-refractivity contribution in [2.75, 3.05) is 7.11 Å². The Labute approximate surface area is 137 Å². The molecule has 0 aliphatic heterocycles. The van der Waals surface area contributed by atoms with Crippen molar-refractivity contribution in [3.63, 3.8) is 0 Å². The zero-order valence-electron chi connectivity index (χ0n) is 14.0. The number of rotatable bonds is 5. The van der Waals surface area contributed by atoms with E-state index in [2.05, 4.69) is 53.4 Å². The molecule has 0 bridgehead atoms. The molecule has 1 heterocycles. The van der Waals surface area contributed by atoms with Gasteiger partial charge in [-0.3, -0.25) is 4.68 Å². The Balaban J connectivity index is 2.36. The van der Waals surface area contributed by atoms with Crippen LogP contribution in [0.3, 0.4) is 0 Å². The van der Waals surface area contributed by atoms with E-state index in [1.807, 2.05) is 6.20 Å². The highest BCUT2D eigenvalue weighted by molar-refractivity contribution is 9.09. The Morgan fingerprint density at radius 3 is 2.71 bits per heavy atom. The standard InChI is InChI=1S/C17H29BrN2O/c1-6-9-20-16(15(21-5)11-19-20)17(3,4)13-8-7-12(2)10-14(13)18/h11-14H,6-10H2,1-5H3. The molecule has 0 saturated heterocycles. The van der Waals surface area contributed by atoms with Crippen molar-refractivity contribution in [2.45, 2.75) is 70.2 Å². The van der Waals surface area contributed by atoms with Gasteiger partial charge in [0.1, 0.15) is 0 Å². The highest BCUT2D eigenvalue weighted by Crippen LogP contribution is 2.47. The fraction of sp³-hybridized carbons (Fsp3) is 0.824. The van der Waals surface area contributed by atoms with E-state index in [1.54, 1.807) is 7.11 Å². The van der Waals surface area contributed by atoms with Gasteiger partial charge >= 0.3 is 0 Å². The Bertz CT molecular complexity index is 469. The van der Waals surface area contributed by atoms with Crippen LogP contribution in [-0.4, -0.2) is 21.7 Å². The van der Waals surface area contributed by atoms with Crippen molar-refractivity contribution in [1.82, 2.24) is 9.78 Å². The van der Waals surface area contributed by atoms with Gasteiger partial charge in [-0.2, -0.15) is 5.10 Å². The van der Waals surface area contributed by atoms with Crippen molar-refractivity contribution in [3.05, 3.63) is 11.9 Å². The molecule has 4 heteroatoms. The van der Waals surface area contributed by atoms with Crippen LogP contribution < -0.4 is 4.74 Å². The lowest BCUT2D eigenvalue weighted by Crippen LogP contribution is -2.40. The third-order valence-corrected chi connectivity index (χ3v) is 6.05. The first-order valence-corrected chi connectivity index (χ1v) is 9.07. The third-order valence-electron chi connectivity index (χ3n) is 5.03. The van der Waals surface area contributed by atoms with Crippen molar-refractivity contribution in [3.8, 4) is 5.75 Å². The van der Waals surface area contributed by atoms with Crippen LogP contribution in [-0.2, 0) is 12.0 Å². The Morgan fingerprint density at radius 1 is 1.43 bits per heavy atom. The highest BCUT2D eigenvalue weighted by Gasteiger charge is 2.42. The molecule has 0 spiro atoms. The van der Waals surface area contributed by atoms with Gasteiger partial charge in [0.05, 0.1) is 19.0 Å². The first kappa shape index (κ1) is 16.9. The fourth-order valence-electron chi connectivity index (χ4n) is 3.85. The Morgan fingerprint density at radius 2 is 2.14 bits per heavy atom. The van der Waals surface area contributed by atoms with E-state index in [0.29, 0.717) is 10.7 Å². The Kier molecular flexibility index (Phi) is 5.39. The summed E-state index contributed by atoms with van der Waals surface area (Å²) in [4.78, 5) is 0.575. The summed E-state index contributed by atoms with van der Waals surface area (Å²) >= 11 is 3.96. The van der Waals surface area contributed by atoms with Crippen LogP contribution in [0.5, 0.6) is 5.75 Å². The summed E-state index contributed by atoms with van der Waals surface area (Å²) < 4.78 is 7.76. The van der Waals surface area contributed by atoms with Crippen LogP contribution in [0, 0.1) is 11.8 Å². The number of hydrogen-bond donors (Lipinski definition) is 0. The van der Waals surface area contributed by atoms with Gasteiger partial charge in [-0.15, -0.1) is 0 Å². The van der Waals surface area contributed by atoms with Gasteiger partial charge in [0.25, 0.3) is 0 Å². The van der Waals surface area contributed by atoms with Crippen LogP contribution in [0.15, 0.2) is 6.20 Å². The smallest absolute Gasteiger partial charge is 0.160 e. The molecular weight excluding hydrogens is 328 g/mol. The fourth-order valence-corrected chi connectivity index (χ4v) is 5.41. The van der Waals surface area contributed by atoms with Crippen LogP contribution in [0.2, 0.25) is 0 Å². The number of ether oxygens (including phenoxy) is 1. The second-order valence-electron chi connectivity index (χ2n) is 7.05. The molecule has 120 valence electrons. The summed E-state index contributed by atoms with van der Waals surface area (Å²) in [5.41, 5.74) is 1.32. The molecule has 3 unspecified atom stereocenters. The average Bonchev–Trinajstić information content (AvgIpc) is 2.82. The lowest BCUT2D eigenvalue weighted by atomic mass is 9.67. The largest absolute Gasteiger partial charge is 0.493 e. The second-order valence-corrected chi connectivity index (χ2v) is 8.22. The number of methoxy groups -OCH3 is 1. The summed E-state index contributed by atoms with van der Waals surface area (Å²) in [6.45, 7) is 10.2. The molecule has 0 N–H and O–H groups in total. The maximum Gasteiger partial charge on any atom is 0.160 e. The summed E-state index contributed by atoms with van der Waals surface area (Å²) in [6.07, 6.45) is 6.82. The number of halogens is 1. The van der Waals surface area contributed by atoms with Crippen molar-refractivity contribution in [2.24, 2.45) is 11.8 Å². The zero-order chi connectivity index (χ0) is 15.6. The lowest BCUT2D eigenvalue weighted by molar-refractivity contribution is 0.200. The van der Waals surface area contributed by atoms with Gasteiger partial charge in [0, 0.05) is 16.8 Å². The minimum atomic E-state index is 0.0608. The van der Waals surface area contributed by atoms with Crippen molar-refractivity contribution in [1.29, 1.82) is 0 Å². The summed E-state index contributed by atoms with van der Waals surface area (Å²) in [6, 6.07) is 0. The van der Waals surface area contributed by atoms with Gasteiger partial charge in [-0.05, 0) is 31.1 Å². The third kappa shape index (κ3) is 3.30. The number of hydrogen-bond acceptors (Lipinski definition) is 2. The average molecular weight is 357 g/mol. The quantitative estimate of drug-likeness (QED) is 0.709. The number of aryl methyl sites for hydroxylation is 1. The van der Waals surface area contributed by atoms with Crippen molar-refractivity contribution < 1.29 is 4.74 Å². The van der Waals surface area contributed by atoms with E-state index >= 15 is 0 Å². The minimum Gasteiger partial charge on any atom is -0.493 e. The van der Waals surface area contributed by atoms with Gasteiger partial charge in [-0.1, -0.05) is 50.0 Å². The molecule has 3 atom stereocenters. The summed E-state index contributed by atoms with van der Waals surface area (Å²) in [7, 11) is 1.75. The molecular formula is C17H29BrN2O. The number of aromatic nitrogens is 2. The van der Waals surface area contributed by atoms with Crippen molar-refractivity contribution >= 4 is 15.9 Å². The zero-order valence-corrected chi connectivity index (χ0v) is 15.6. The van der Waals surface area contributed by atoms with E-state index in [9.17, 15) is 0 Å². The molecule has 3 nitrogen and oxygen atoms in total. The molecule has 0 aromatic carbocycles. The molecule has 21 heavy (non-hydrogen) atoms. The maximum atomic E-state index is 5.61. The molecule has 2 rings (SSSR count). The van der Waals surface area contributed by atoms with Gasteiger partial charge in [-0.25, -0.2) is 0 Å². The van der Waals surface area contributed by atoms with E-state index in [1.165, 1.54) is 25.0 Å². The first-order valence-electron chi connectivity index (χ1n) is 8.16. The Hall–Kier alpha value is -0.510. The number of nitrogens with zero attached hydrogens (tertiary/aromatic N) is 2. The summed E-state index contributed by atoms with van der Waals surface area (Å²) in [5, 5.41) is 4.55. The summed E-state index contributed by atoms with van der Waals surface area (Å²) in [5.74, 6) is 2.38. The van der Waals surface area contributed by atoms with Gasteiger partial charge in [0.15, 0.2) is 5.75 Å². The highest BCUT2D eigenvalue weighted by atomic mass is 79.9. The topological polar surface area (TPSA) is 27.1 Å². The van der Waals surface area contributed by atoms with E-state index < -0.39 is 0 Å². The number of alkyl halides is 1. The van der Waals surface area contributed by atoms with Gasteiger partial charge < -0.3 is 4.74 Å². The molecule has 1 saturated carbocycles. The SMILES string of the molecule is CCCn1ncc(OC)c1C(C)(C)C1CCC(C)CC1Br. The molecule has 1 fully saturated rings. The molecule has 1 aliphatic rings.